The maximum Gasteiger partial charge on any atom is 0.163 e. The smallest absolute Gasteiger partial charge is 0.163 e. The predicted molar refractivity (Wildman–Crippen MR) is 49.6 cm³/mol. The first kappa shape index (κ1) is 8.45. The van der Waals surface area contributed by atoms with Crippen LogP contribution < -0.4 is 0 Å². The van der Waals surface area contributed by atoms with Crippen LogP contribution in [0.15, 0.2) is 18.2 Å². The molecule has 0 spiro atoms. The van der Waals surface area contributed by atoms with Crippen LogP contribution in [0, 0.1) is 0 Å². The van der Waals surface area contributed by atoms with Crippen molar-refractivity contribution in [3.8, 4) is 0 Å². The second-order valence-electron chi connectivity index (χ2n) is 3.43. The number of Topliss-reactive ketones (excluding diaryl/α,β-unsaturated/α-hetero) is 1. The van der Waals surface area contributed by atoms with Crippen molar-refractivity contribution in [1.82, 2.24) is 0 Å². The Morgan fingerprint density at radius 1 is 1.31 bits per heavy atom. The van der Waals surface area contributed by atoms with E-state index in [0.717, 1.165) is 29.5 Å². The van der Waals surface area contributed by atoms with Crippen molar-refractivity contribution in [3.05, 3.63) is 34.9 Å². The van der Waals surface area contributed by atoms with E-state index in [0.29, 0.717) is 6.42 Å². The van der Waals surface area contributed by atoms with Crippen LogP contribution >= 0.6 is 0 Å². The largest absolute Gasteiger partial charge is 0.392 e. The maximum absolute atomic E-state index is 11.4. The Bertz CT molecular complexity index is 342. The van der Waals surface area contributed by atoms with Gasteiger partial charge in [-0.15, -0.1) is 0 Å². The van der Waals surface area contributed by atoms with E-state index in [1.807, 2.05) is 18.2 Å². The molecule has 2 rings (SSSR count). The summed E-state index contributed by atoms with van der Waals surface area (Å²) in [7, 11) is 0. The Morgan fingerprint density at radius 3 is 2.92 bits per heavy atom. The highest BCUT2D eigenvalue weighted by Gasteiger charge is 2.16. The van der Waals surface area contributed by atoms with Gasteiger partial charge in [-0.05, 0) is 24.0 Å². The molecule has 1 aliphatic rings. The van der Waals surface area contributed by atoms with Gasteiger partial charge in [0.25, 0.3) is 0 Å². The van der Waals surface area contributed by atoms with E-state index < -0.39 is 0 Å². The molecular formula is C11H12O2. The summed E-state index contributed by atoms with van der Waals surface area (Å²) in [5, 5.41) is 8.92. The molecule has 0 unspecified atom stereocenters. The van der Waals surface area contributed by atoms with Gasteiger partial charge in [-0.2, -0.15) is 0 Å². The van der Waals surface area contributed by atoms with E-state index in [1.54, 1.807) is 0 Å². The van der Waals surface area contributed by atoms with E-state index in [1.165, 1.54) is 0 Å². The summed E-state index contributed by atoms with van der Waals surface area (Å²) < 4.78 is 0. The third-order valence-corrected chi connectivity index (χ3v) is 2.50. The first-order chi connectivity index (χ1) is 6.31. The molecule has 0 aromatic heterocycles. The van der Waals surface area contributed by atoms with Gasteiger partial charge in [0.05, 0.1) is 6.61 Å². The fraction of sp³-hybridized carbons (Fsp3) is 0.364. The number of rotatable bonds is 1. The molecule has 1 aliphatic carbocycles. The lowest BCUT2D eigenvalue weighted by Gasteiger charge is -2.14. The van der Waals surface area contributed by atoms with Gasteiger partial charge in [0.15, 0.2) is 5.78 Å². The van der Waals surface area contributed by atoms with Gasteiger partial charge >= 0.3 is 0 Å². The minimum Gasteiger partial charge on any atom is -0.392 e. The van der Waals surface area contributed by atoms with E-state index >= 15 is 0 Å². The summed E-state index contributed by atoms with van der Waals surface area (Å²) >= 11 is 0. The average molecular weight is 176 g/mol. The van der Waals surface area contributed by atoms with Crippen molar-refractivity contribution in [3.63, 3.8) is 0 Å². The molecule has 0 atom stereocenters. The monoisotopic (exact) mass is 176 g/mol. The van der Waals surface area contributed by atoms with Crippen LogP contribution in [-0.4, -0.2) is 10.9 Å². The molecule has 0 saturated carbocycles. The van der Waals surface area contributed by atoms with Crippen LogP contribution in [-0.2, 0) is 13.0 Å². The Labute approximate surface area is 77.2 Å². The summed E-state index contributed by atoms with van der Waals surface area (Å²) in [5.41, 5.74) is 2.85. The lowest BCUT2D eigenvalue weighted by Crippen LogP contribution is -2.10. The topological polar surface area (TPSA) is 37.3 Å². The highest BCUT2D eigenvalue weighted by Crippen LogP contribution is 2.22. The fourth-order valence-corrected chi connectivity index (χ4v) is 1.80. The Hall–Kier alpha value is -1.15. The van der Waals surface area contributed by atoms with Crippen LogP contribution in [0.5, 0.6) is 0 Å². The molecule has 0 aliphatic heterocycles. The number of aliphatic hydroxyl groups is 1. The molecule has 1 aromatic rings. The van der Waals surface area contributed by atoms with Crippen molar-refractivity contribution < 1.29 is 9.90 Å². The summed E-state index contributed by atoms with van der Waals surface area (Å²) in [4.78, 5) is 11.4. The van der Waals surface area contributed by atoms with E-state index in [9.17, 15) is 4.79 Å². The van der Waals surface area contributed by atoms with Crippen LogP contribution in [0.4, 0.5) is 0 Å². The van der Waals surface area contributed by atoms with Gasteiger partial charge in [-0.1, -0.05) is 18.2 Å². The molecule has 0 bridgehead atoms. The quantitative estimate of drug-likeness (QED) is 0.707. The Morgan fingerprint density at radius 2 is 2.15 bits per heavy atom. The van der Waals surface area contributed by atoms with E-state index in [4.69, 9.17) is 5.11 Å². The third kappa shape index (κ3) is 1.49. The number of benzene rings is 1. The number of carbonyl (C=O) groups excluding carboxylic acids is 1. The molecule has 0 radical (unpaired) electrons. The number of fused-ring (bicyclic) bond motifs is 1. The molecule has 0 fully saturated rings. The van der Waals surface area contributed by atoms with Gasteiger partial charge in [-0.3, -0.25) is 4.79 Å². The first-order valence-corrected chi connectivity index (χ1v) is 4.57. The highest BCUT2D eigenvalue weighted by atomic mass is 16.3. The van der Waals surface area contributed by atoms with Gasteiger partial charge in [0.1, 0.15) is 0 Å². The van der Waals surface area contributed by atoms with Crippen molar-refractivity contribution in [2.45, 2.75) is 25.9 Å². The molecule has 13 heavy (non-hydrogen) atoms. The molecule has 2 nitrogen and oxygen atoms in total. The number of ketones is 1. The van der Waals surface area contributed by atoms with Crippen LogP contribution in [0.25, 0.3) is 0 Å². The average Bonchev–Trinajstić information content (AvgIpc) is 2.18. The van der Waals surface area contributed by atoms with Crippen LogP contribution in [0.3, 0.4) is 0 Å². The number of carbonyl (C=O) groups is 1. The van der Waals surface area contributed by atoms with Gasteiger partial charge in [-0.25, -0.2) is 0 Å². The minimum absolute atomic E-state index is 0.0570. The summed E-state index contributed by atoms with van der Waals surface area (Å²) in [5.74, 6) is 0.241. The number of aliphatic hydroxyl groups excluding tert-OH is 1. The molecular weight excluding hydrogens is 164 g/mol. The molecule has 1 N–H and O–H groups in total. The predicted octanol–water partition coefficient (Wildman–Crippen LogP) is 1.70. The number of hydrogen-bond donors (Lipinski definition) is 1. The van der Waals surface area contributed by atoms with Gasteiger partial charge < -0.3 is 5.11 Å². The second-order valence-corrected chi connectivity index (χ2v) is 3.43. The Kier molecular flexibility index (Phi) is 2.15. The molecule has 0 amide bonds. The third-order valence-electron chi connectivity index (χ3n) is 2.50. The number of aryl methyl sites for hydroxylation is 1. The zero-order chi connectivity index (χ0) is 9.26. The van der Waals surface area contributed by atoms with E-state index in [-0.39, 0.29) is 12.4 Å². The van der Waals surface area contributed by atoms with Crippen LogP contribution in [0.1, 0.15) is 34.3 Å². The van der Waals surface area contributed by atoms with Crippen molar-refractivity contribution in [1.29, 1.82) is 0 Å². The van der Waals surface area contributed by atoms with Crippen molar-refractivity contribution in [2.24, 2.45) is 0 Å². The minimum atomic E-state index is 0.0570. The van der Waals surface area contributed by atoms with Gasteiger partial charge in [0, 0.05) is 12.0 Å². The number of hydrogen-bond acceptors (Lipinski definition) is 2. The lowest BCUT2D eigenvalue weighted by molar-refractivity contribution is 0.0972. The van der Waals surface area contributed by atoms with E-state index in [2.05, 4.69) is 0 Å². The normalized spacial score (nSPS) is 15.6. The lowest BCUT2D eigenvalue weighted by atomic mass is 9.89. The zero-order valence-electron chi connectivity index (χ0n) is 7.42. The summed E-state index contributed by atoms with van der Waals surface area (Å²) in [6.07, 6.45) is 2.58. The van der Waals surface area contributed by atoms with Crippen LogP contribution in [0.2, 0.25) is 0 Å². The standard InChI is InChI=1S/C11H12O2/c12-7-8-4-5-10-9(6-8)2-1-3-11(10)13/h4-6,12H,1-3,7H2. The SMILES string of the molecule is O=C1CCCc2cc(CO)ccc21. The summed E-state index contributed by atoms with van der Waals surface area (Å²) in [6.45, 7) is 0.0570. The molecule has 0 heterocycles. The summed E-state index contributed by atoms with van der Waals surface area (Å²) in [6, 6.07) is 5.59. The van der Waals surface area contributed by atoms with Gasteiger partial charge in [0.2, 0.25) is 0 Å². The maximum atomic E-state index is 11.4. The molecule has 0 saturated heterocycles. The van der Waals surface area contributed by atoms with Crippen molar-refractivity contribution in [2.75, 3.05) is 0 Å². The molecule has 68 valence electrons. The fourth-order valence-electron chi connectivity index (χ4n) is 1.80. The first-order valence-electron chi connectivity index (χ1n) is 4.57. The second kappa shape index (κ2) is 3.30. The Balaban J connectivity index is 2.45. The van der Waals surface area contributed by atoms with Crippen molar-refractivity contribution >= 4 is 5.78 Å². The molecule has 1 aromatic carbocycles. The zero-order valence-corrected chi connectivity index (χ0v) is 7.42. The highest BCUT2D eigenvalue weighted by molar-refractivity contribution is 5.98. The molecule has 2 heteroatoms.